The highest BCUT2D eigenvalue weighted by atomic mass is 35.5. The lowest BCUT2D eigenvalue weighted by Crippen LogP contribution is -2.43. The van der Waals surface area contributed by atoms with Gasteiger partial charge in [0, 0.05) is 22.8 Å². The number of nitrogens with one attached hydrogen (secondary N) is 2. The van der Waals surface area contributed by atoms with Crippen LogP contribution in [0.3, 0.4) is 0 Å². The van der Waals surface area contributed by atoms with Gasteiger partial charge in [-0.15, -0.1) is 0 Å². The Labute approximate surface area is 181 Å². The van der Waals surface area contributed by atoms with Gasteiger partial charge in [-0.1, -0.05) is 29.8 Å². The molecule has 3 aromatic rings. The van der Waals surface area contributed by atoms with Crippen molar-refractivity contribution in [3.8, 4) is 11.3 Å². The summed E-state index contributed by atoms with van der Waals surface area (Å²) in [5, 5.41) is 10.9. The fraction of sp³-hybridized carbons (Fsp3) is 0.304. The Bertz CT molecular complexity index is 973. The van der Waals surface area contributed by atoms with E-state index in [1.54, 1.807) is 12.1 Å². The van der Waals surface area contributed by atoms with E-state index >= 15 is 0 Å². The van der Waals surface area contributed by atoms with Gasteiger partial charge in [-0.05, 0) is 75.3 Å². The average molecular weight is 429 g/mol. The van der Waals surface area contributed by atoms with Gasteiger partial charge >= 0.3 is 0 Å². The predicted octanol–water partition coefficient (Wildman–Crippen LogP) is 4.44. The number of aryl methyl sites for hydroxylation is 1. The molecule has 3 rings (SSSR count). The molecule has 1 heterocycles. The number of aromatic amines is 1. The number of hydrogen-bond donors (Lipinski definition) is 2. The van der Waals surface area contributed by atoms with Crippen LogP contribution in [0.2, 0.25) is 5.02 Å². The first kappa shape index (κ1) is 22.0. The number of rotatable bonds is 9. The largest absolute Gasteiger partial charge is 0.351 e. The predicted molar refractivity (Wildman–Crippen MR) is 118 cm³/mol. The molecule has 0 spiro atoms. The summed E-state index contributed by atoms with van der Waals surface area (Å²) in [6.45, 7) is 3.08. The molecule has 5 nitrogen and oxygen atoms in total. The summed E-state index contributed by atoms with van der Waals surface area (Å²) < 4.78 is 13.1. The second kappa shape index (κ2) is 10.4. The smallest absolute Gasteiger partial charge is 0.237 e. The zero-order chi connectivity index (χ0) is 21.5. The van der Waals surface area contributed by atoms with E-state index in [-0.39, 0.29) is 17.8 Å². The SMILES string of the molecule is CC(C(=O)NCc1ccccc1Cl)N(C)CCCc1cc(-c2ccc(F)cc2)n[nH]1. The number of halogens is 2. The van der Waals surface area contributed by atoms with E-state index in [0.29, 0.717) is 11.6 Å². The van der Waals surface area contributed by atoms with Crippen molar-refractivity contribution in [3.63, 3.8) is 0 Å². The van der Waals surface area contributed by atoms with Crippen LogP contribution in [-0.2, 0) is 17.8 Å². The van der Waals surface area contributed by atoms with Gasteiger partial charge < -0.3 is 5.32 Å². The Hall–Kier alpha value is -2.70. The Morgan fingerprint density at radius 3 is 2.70 bits per heavy atom. The Balaban J connectivity index is 1.43. The molecule has 0 fully saturated rings. The molecule has 0 saturated carbocycles. The van der Waals surface area contributed by atoms with Gasteiger partial charge in [0.15, 0.2) is 0 Å². The normalized spacial score (nSPS) is 12.2. The maximum absolute atomic E-state index is 13.1. The lowest BCUT2D eigenvalue weighted by Gasteiger charge is -2.23. The highest BCUT2D eigenvalue weighted by Crippen LogP contribution is 2.19. The summed E-state index contributed by atoms with van der Waals surface area (Å²) in [4.78, 5) is 14.5. The van der Waals surface area contributed by atoms with Crippen molar-refractivity contribution in [3.05, 3.63) is 76.7 Å². The molecular formula is C23H26ClFN4O. The quantitative estimate of drug-likeness (QED) is 0.529. The molecule has 0 bridgehead atoms. The molecule has 2 aromatic carbocycles. The molecule has 0 aliphatic carbocycles. The van der Waals surface area contributed by atoms with Crippen LogP contribution in [0.5, 0.6) is 0 Å². The molecule has 0 saturated heterocycles. The molecule has 1 aromatic heterocycles. The van der Waals surface area contributed by atoms with Crippen molar-refractivity contribution >= 4 is 17.5 Å². The summed E-state index contributed by atoms with van der Waals surface area (Å²) in [5.74, 6) is -0.292. The van der Waals surface area contributed by atoms with Crippen molar-refractivity contribution in [2.75, 3.05) is 13.6 Å². The van der Waals surface area contributed by atoms with E-state index in [0.717, 1.165) is 41.9 Å². The molecule has 7 heteroatoms. The lowest BCUT2D eigenvalue weighted by molar-refractivity contribution is -0.125. The summed E-state index contributed by atoms with van der Waals surface area (Å²) >= 11 is 6.14. The minimum Gasteiger partial charge on any atom is -0.351 e. The van der Waals surface area contributed by atoms with Crippen molar-refractivity contribution in [1.29, 1.82) is 0 Å². The maximum Gasteiger partial charge on any atom is 0.237 e. The summed E-state index contributed by atoms with van der Waals surface area (Å²) in [5.41, 5.74) is 3.59. The number of aromatic nitrogens is 2. The van der Waals surface area contributed by atoms with Crippen LogP contribution in [0.1, 0.15) is 24.6 Å². The number of benzene rings is 2. The van der Waals surface area contributed by atoms with E-state index in [1.807, 2.05) is 49.2 Å². The second-order valence-corrected chi connectivity index (χ2v) is 7.76. The van der Waals surface area contributed by atoms with E-state index in [4.69, 9.17) is 11.6 Å². The molecule has 0 radical (unpaired) electrons. The number of likely N-dealkylation sites (N-methyl/N-ethyl adjacent to an activating group) is 1. The molecular weight excluding hydrogens is 403 g/mol. The molecule has 2 N–H and O–H groups in total. The van der Waals surface area contributed by atoms with Crippen LogP contribution in [0, 0.1) is 5.82 Å². The zero-order valence-electron chi connectivity index (χ0n) is 17.2. The third kappa shape index (κ3) is 5.90. The van der Waals surface area contributed by atoms with Gasteiger partial charge in [0.2, 0.25) is 5.91 Å². The van der Waals surface area contributed by atoms with E-state index in [1.165, 1.54) is 12.1 Å². The molecule has 0 aliphatic rings. The summed E-state index contributed by atoms with van der Waals surface area (Å²) in [7, 11) is 1.94. The number of hydrogen-bond acceptors (Lipinski definition) is 3. The molecule has 0 aliphatic heterocycles. The molecule has 1 atom stereocenters. The minimum absolute atomic E-state index is 0.0300. The van der Waals surface area contributed by atoms with E-state index in [9.17, 15) is 9.18 Å². The number of H-pyrrole nitrogens is 1. The molecule has 1 amide bonds. The average Bonchev–Trinajstić information content (AvgIpc) is 3.21. The monoisotopic (exact) mass is 428 g/mol. The van der Waals surface area contributed by atoms with Crippen LogP contribution < -0.4 is 5.32 Å². The van der Waals surface area contributed by atoms with Crippen molar-refractivity contribution in [1.82, 2.24) is 20.4 Å². The Morgan fingerprint density at radius 2 is 1.97 bits per heavy atom. The Morgan fingerprint density at radius 1 is 1.23 bits per heavy atom. The minimum atomic E-state index is -0.262. The fourth-order valence-electron chi connectivity index (χ4n) is 3.14. The van der Waals surface area contributed by atoms with Crippen LogP contribution in [0.4, 0.5) is 4.39 Å². The second-order valence-electron chi connectivity index (χ2n) is 7.35. The zero-order valence-corrected chi connectivity index (χ0v) is 17.9. The highest BCUT2D eigenvalue weighted by molar-refractivity contribution is 6.31. The number of carbonyl (C=O) groups excluding carboxylic acids is 1. The third-order valence-corrected chi connectivity index (χ3v) is 5.55. The van der Waals surface area contributed by atoms with Gasteiger partial charge in [0.1, 0.15) is 5.82 Å². The van der Waals surface area contributed by atoms with Crippen LogP contribution in [0.15, 0.2) is 54.6 Å². The summed E-state index contributed by atoms with van der Waals surface area (Å²) in [6.07, 6.45) is 1.69. The van der Waals surface area contributed by atoms with Crippen molar-refractivity contribution in [2.24, 2.45) is 0 Å². The van der Waals surface area contributed by atoms with Gasteiger partial charge in [-0.3, -0.25) is 14.8 Å². The van der Waals surface area contributed by atoms with Gasteiger partial charge in [-0.25, -0.2) is 4.39 Å². The van der Waals surface area contributed by atoms with E-state index in [2.05, 4.69) is 15.5 Å². The first-order chi connectivity index (χ1) is 14.4. The third-order valence-electron chi connectivity index (χ3n) is 5.18. The van der Waals surface area contributed by atoms with Crippen molar-refractivity contribution in [2.45, 2.75) is 32.4 Å². The lowest BCUT2D eigenvalue weighted by atomic mass is 10.1. The topological polar surface area (TPSA) is 61.0 Å². The number of carbonyl (C=O) groups is 1. The molecule has 30 heavy (non-hydrogen) atoms. The van der Waals surface area contributed by atoms with Gasteiger partial charge in [0.25, 0.3) is 0 Å². The van der Waals surface area contributed by atoms with Gasteiger partial charge in [0.05, 0.1) is 11.7 Å². The maximum atomic E-state index is 13.1. The number of nitrogens with zero attached hydrogens (tertiary/aromatic N) is 2. The number of amides is 1. The first-order valence-corrected chi connectivity index (χ1v) is 10.3. The highest BCUT2D eigenvalue weighted by Gasteiger charge is 2.17. The van der Waals surface area contributed by atoms with Crippen molar-refractivity contribution < 1.29 is 9.18 Å². The summed E-state index contributed by atoms with van der Waals surface area (Å²) in [6, 6.07) is 15.5. The van der Waals surface area contributed by atoms with Crippen LogP contribution >= 0.6 is 11.6 Å². The van der Waals surface area contributed by atoms with Gasteiger partial charge in [-0.2, -0.15) is 5.10 Å². The first-order valence-electron chi connectivity index (χ1n) is 9.95. The standard InChI is InChI=1S/C23H26ClFN4O/c1-16(23(30)26-15-18-6-3-4-8-21(18)24)29(2)13-5-7-20-14-22(28-27-20)17-9-11-19(25)12-10-17/h3-4,6,8-12,14,16H,5,7,13,15H2,1-2H3,(H,26,30)(H,27,28). The fourth-order valence-corrected chi connectivity index (χ4v) is 3.35. The van der Waals surface area contributed by atoms with Crippen LogP contribution in [0.25, 0.3) is 11.3 Å². The van der Waals surface area contributed by atoms with E-state index < -0.39 is 0 Å². The molecule has 158 valence electrons. The molecule has 1 unspecified atom stereocenters. The van der Waals surface area contributed by atoms with Crippen LogP contribution in [-0.4, -0.2) is 40.6 Å². The Kier molecular flexibility index (Phi) is 7.60.